The molecule has 0 atom stereocenters. The van der Waals surface area contributed by atoms with Crippen molar-refractivity contribution in [3.63, 3.8) is 0 Å². The number of nitrogens with zero attached hydrogens (tertiary/aromatic N) is 2. The Labute approximate surface area is 153 Å². The molecule has 4 aromatic rings. The fraction of sp³-hybridized carbons (Fsp3) is 0.100. The number of hydrogen-bond acceptors (Lipinski definition) is 4. The molecule has 0 bridgehead atoms. The van der Waals surface area contributed by atoms with Gasteiger partial charge in [0, 0.05) is 28.0 Å². The lowest BCUT2D eigenvalue weighted by Gasteiger charge is -2.16. The summed E-state index contributed by atoms with van der Waals surface area (Å²) in [6.07, 6.45) is 0. The number of carbonyl (C=O) groups excluding carboxylic acids is 1. The van der Waals surface area contributed by atoms with Crippen molar-refractivity contribution in [1.29, 1.82) is 0 Å². The van der Waals surface area contributed by atoms with Gasteiger partial charge in [-0.2, -0.15) is 0 Å². The van der Waals surface area contributed by atoms with Gasteiger partial charge in [0.05, 0.1) is 16.8 Å². The van der Waals surface area contributed by atoms with Crippen LogP contribution in [0, 0.1) is 19.7 Å². The van der Waals surface area contributed by atoms with Crippen LogP contribution in [0.15, 0.2) is 36.4 Å². The molecule has 0 aliphatic rings. The number of phenols is 1. The molecule has 27 heavy (non-hydrogen) atoms. The monoisotopic (exact) mass is 364 g/mol. The Bertz CT molecular complexity index is 1230. The first-order chi connectivity index (χ1) is 12.8. The first-order valence-electron chi connectivity index (χ1n) is 8.29. The standard InChI is InChI=1S/C20H17FN4O2/c1-9-13(21)8-15(26)10(2)17(9)25-18(22)16(19(23)27)12-7-11-5-3-4-6-14(11)24-20(12)25/h3-8,26H,22H2,1-2H3,(H2,23,27). The Morgan fingerprint density at radius 2 is 1.89 bits per heavy atom. The molecule has 0 spiro atoms. The van der Waals surface area contributed by atoms with Gasteiger partial charge in [-0.1, -0.05) is 18.2 Å². The number of primary amides is 1. The van der Waals surface area contributed by atoms with Crippen molar-refractivity contribution in [3.05, 3.63) is 58.9 Å². The minimum Gasteiger partial charge on any atom is -0.507 e. The zero-order chi connectivity index (χ0) is 19.5. The van der Waals surface area contributed by atoms with Crippen LogP contribution in [-0.4, -0.2) is 20.6 Å². The zero-order valence-corrected chi connectivity index (χ0v) is 14.7. The Hall–Kier alpha value is -3.61. The molecule has 0 saturated heterocycles. The van der Waals surface area contributed by atoms with Crippen molar-refractivity contribution in [2.45, 2.75) is 13.8 Å². The van der Waals surface area contributed by atoms with Crippen molar-refractivity contribution < 1.29 is 14.3 Å². The number of nitrogen functional groups attached to an aromatic ring is 1. The summed E-state index contributed by atoms with van der Waals surface area (Å²) >= 11 is 0. The normalized spacial score (nSPS) is 11.4. The highest BCUT2D eigenvalue weighted by Gasteiger charge is 2.25. The predicted octanol–water partition coefficient (Wildman–Crippen LogP) is 3.32. The van der Waals surface area contributed by atoms with Gasteiger partial charge in [-0.3, -0.25) is 9.36 Å². The number of aromatic nitrogens is 2. The van der Waals surface area contributed by atoms with Crippen LogP contribution in [0.3, 0.4) is 0 Å². The molecule has 2 aromatic carbocycles. The second kappa shape index (κ2) is 5.70. The van der Waals surface area contributed by atoms with Gasteiger partial charge in [0.2, 0.25) is 0 Å². The summed E-state index contributed by atoms with van der Waals surface area (Å²) in [5.74, 6) is -1.45. The summed E-state index contributed by atoms with van der Waals surface area (Å²) < 4.78 is 15.8. The topological polar surface area (TPSA) is 107 Å². The third kappa shape index (κ3) is 2.32. The molecule has 2 aromatic heterocycles. The largest absolute Gasteiger partial charge is 0.507 e. The molecule has 0 unspecified atom stereocenters. The molecule has 0 fully saturated rings. The van der Waals surface area contributed by atoms with Gasteiger partial charge in [-0.25, -0.2) is 9.37 Å². The van der Waals surface area contributed by atoms with E-state index in [0.29, 0.717) is 27.8 Å². The van der Waals surface area contributed by atoms with E-state index in [2.05, 4.69) is 4.98 Å². The summed E-state index contributed by atoms with van der Waals surface area (Å²) in [6.45, 7) is 3.22. The molecule has 6 nitrogen and oxygen atoms in total. The Balaban J connectivity index is 2.24. The summed E-state index contributed by atoms with van der Waals surface area (Å²) in [7, 11) is 0. The van der Waals surface area contributed by atoms with E-state index in [4.69, 9.17) is 11.5 Å². The van der Waals surface area contributed by atoms with E-state index < -0.39 is 11.7 Å². The maximum absolute atomic E-state index is 14.3. The van der Waals surface area contributed by atoms with Crippen LogP contribution >= 0.6 is 0 Å². The number of amides is 1. The van der Waals surface area contributed by atoms with Crippen molar-refractivity contribution in [3.8, 4) is 11.4 Å². The van der Waals surface area contributed by atoms with Crippen LogP contribution in [-0.2, 0) is 0 Å². The average Bonchev–Trinajstić information content (AvgIpc) is 2.90. The van der Waals surface area contributed by atoms with Gasteiger partial charge in [-0.05, 0) is 26.0 Å². The number of carbonyl (C=O) groups is 1. The molecule has 5 N–H and O–H groups in total. The first-order valence-corrected chi connectivity index (χ1v) is 8.29. The van der Waals surface area contributed by atoms with Gasteiger partial charge < -0.3 is 16.6 Å². The molecule has 2 heterocycles. The number of fused-ring (bicyclic) bond motifs is 2. The minimum atomic E-state index is -0.704. The van der Waals surface area contributed by atoms with Crippen LogP contribution in [0.1, 0.15) is 21.5 Å². The first kappa shape index (κ1) is 16.8. The fourth-order valence-corrected chi connectivity index (χ4v) is 3.50. The van der Waals surface area contributed by atoms with Gasteiger partial charge in [0.25, 0.3) is 5.91 Å². The lowest BCUT2D eigenvalue weighted by Crippen LogP contribution is -2.14. The molecular weight excluding hydrogens is 347 g/mol. The molecule has 4 rings (SSSR count). The smallest absolute Gasteiger partial charge is 0.253 e. The number of nitrogens with two attached hydrogens (primary N) is 2. The number of halogens is 1. The predicted molar refractivity (Wildman–Crippen MR) is 103 cm³/mol. The van der Waals surface area contributed by atoms with Gasteiger partial charge >= 0.3 is 0 Å². The Kier molecular flexibility index (Phi) is 3.56. The highest BCUT2D eigenvalue weighted by atomic mass is 19.1. The van der Waals surface area contributed by atoms with E-state index in [-0.39, 0.29) is 22.7 Å². The number of phenolic OH excluding ortho intramolecular Hbond substituents is 1. The van der Waals surface area contributed by atoms with Crippen molar-refractivity contribution in [1.82, 2.24) is 9.55 Å². The third-order valence-corrected chi connectivity index (χ3v) is 4.87. The molecule has 1 amide bonds. The van der Waals surface area contributed by atoms with E-state index in [1.165, 1.54) is 4.57 Å². The molecule has 136 valence electrons. The van der Waals surface area contributed by atoms with Crippen molar-refractivity contribution in [2.24, 2.45) is 5.73 Å². The van der Waals surface area contributed by atoms with E-state index in [1.807, 2.05) is 24.3 Å². The van der Waals surface area contributed by atoms with E-state index in [0.717, 1.165) is 11.5 Å². The molecule has 7 heteroatoms. The van der Waals surface area contributed by atoms with Crippen LogP contribution < -0.4 is 11.5 Å². The maximum atomic E-state index is 14.3. The minimum absolute atomic E-state index is 0.0523. The Morgan fingerprint density at radius 1 is 1.19 bits per heavy atom. The summed E-state index contributed by atoms with van der Waals surface area (Å²) in [5.41, 5.74) is 14.1. The number of para-hydroxylation sites is 1. The second-order valence-electron chi connectivity index (χ2n) is 6.49. The van der Waals surface area contributed by atoms with Gasteiger partial charge in [0.1, 0.15) is 23.0 Å². The number of rotatable bonds is 2. The zero-order valence-electron chi connectivity index (χ0n) is 14.7. The summed E-state index contributed by atoms with van der Waals surface area (Å²) in [5, 5.41) is 11.4. The molecular formula is C20H17FN4O2. The second-order valence-corrected chi connectivity index (χ2v) is 6.49. The number of hydrogen-bond donors (Lipinski definition) is 3. The number of anilines is 1. The van der Waals surface area contributed by atoms with E-state index >= 15 is 0 Å². The SMILES string of the molecule is Cc1c(O)cc(F)c(C)c1-n1c(N)c(C(N)=O)c2cc3ccccc3nc21. The van der Waals surface area contributed by atoms with Crippen molar-refractivity contribution >= 4 is 33.7 Å². The average molecular weight is 364 g/mol. The highest BCUT2D eigenvalue weighted by Crippen LogP contribution is 2.37. The fourth-order valence-electron chi connectivity index (χ4n) is 3.50. The maximum Gasteiger partial charge on any atom is 0.253 e. The number of pyridine rings is 1. The van der Waals surface area contributed by atoms with E-state index in [9.17, 15) is 14.3 Å². The number of benzene rings is 2. The van der Waals surface area contributed by atoms with Gasteiger partial charge in [0.15, 0.2) is 0 Å². The van der Waals surface area contributed by atoms with Crippen LogP contribution in [0.5, 0.6) is 5.75 Å². The lowest BCUT2D eigenvalue weighted by molar-refractivity contribution is 0.100. The molecule has 0 radical (unpaired) electrons. The van der Waals surface area contributed by atoms with E-state index in [1.54, 1.807) is 19.9 Å². The summed E-state index contributed by atoms with van der Waals surface area (Å²) in [6, 6.07) is 10.2. The van der Waals surface area contributed by atoms with Crippen molar-refractivity contribution in [2.75, 3.05) is 5.73 Å². The third-order valence-electron chi connectivity index (χ3n) is 4.87. The summed E-state index contributed by atoms with van der Waals surface area (Å²) in [4.78, 5) is 16.7. The quantitative estimate of drug-likeness (QED) is 0.507. The number of aromatic hydroxyl groups is 1. The lowest BCUT2D eigenvalue weighted by atomic mass is 10.1. The molecule has 0 saturated carbocycles. The van der Waals surface area contributed by atoms with Crippen LogP contribution in [0.2, 0.25) is 0 Å². The van der Waals surface area contributed by atoms with Gasteiger partial charge in [-0.15, -0.1) is 0 Å². The van der Waals surface area contributed by atoms with Crippen LogP contribution in [0.25, 0.3) is 27.6 Å². The Morgan fingerprint density at radius 3 is 2.59 bits per heavy atom. The van der Waals surface area contributed by atoms with Crippen LogP contribution in [0.4, 0.5) is 10.2 Å². The molecule has 0 aliphatic carbocycles. The highest BCUT2D eigenvalue weighted by molar-refractivity contribution is 6.13. The molecule has 0 aliphatic heterocycles.